The summed E-state index contributed by atoms with van der Waals surface area (Å²) in [4.78, 5) is 30.0. The lowest BCUT2D eigenvalue weighted by atomic mass is 10.0. The maximum atomic E-state index is 12.9. The second kappa shape index (κ2) is 8.38. The summed E-state index contributed by atoms with van der Waals surface area (Å²) in [5, 5.41) is 7.15. The van der Waals surface area contributed by atoms with Gasteiger partial charge < -0.3 is 9.80 Å². The Morgan fingerprint density at radius 3 is 2.59 bits per heavy atom. The SMILES string of the molecule is CCc1nc(-c2ccc(C(=O)N(C)C3CCN(c4cnccn4)CC3)cc2)n[nH]1. The van der Waals surface area contributed by atoms with Crippen LogP contribution >= 0.6 is 0 Å². The van der Waals surface area contributed by atoms with Crippen LogP contribution in [0.2, 0.25) is 0 Å². The Bertz CT molecular complexity index is 947. The van der Waals surface area contributed by atoms with Crippen molar-refractivity contribution in [2.75, 3.05) is 25.0 Å². The number of piperidine rings is 1. The predicted octanol–water partition coefficient (Wildman–Crippen LogP) is 2.57. The van der Waals surface area contributed by atoms with Crippen LogP contribution in [0.3, 0.4) is 0 Å². The molecule has 0 spiro atoms. The number of aryl methyl sites for hydroxylation is 1. The first-order valence-electron chi connectivity index (χ1n) is 9.95. The number of nitrogens with zero attached hydrogens (tertiary/aromatic N) is 6. The fourth-order valence-electron chi connectivity index (χ4n) is 3.65. The smallest absolute Gasteiger partial charge is 0.253 e. The van der Waals surface area contributed by atoms with Gasteiger partial charge in [-0.25, -0.2) is 9.97 Å². The normalized spacial score (nSPS) is 14.8. The van der Waals surface area contributed by atoms with Gasteiger partial charge in [0.2, 0.25) is 0 Å². The van der Waals surface area contributed by atoms with Crippen LogP contribution in [0, 0.1) is 0 Å². The molecule has 8 nitrogen and oxygen atoms in total. The Morgan fingerprint density at radius 1 is 1.21 bits per heavy atom. The van der Waals surface area contributed by atoms with Gasteiger partial charge in [0.1, 0.15) is 11.6 Å². The lowest BCUT2D eigenvalue weighted by Gasteiger charge is -2.37. The van der Waals surface area contributed by atoms with E-state index in [1.165, 1.54) is 0 Å². The predicted molar refractivity (Wildman–Crippen MR) is 111 cm³/mol. The molecule has 1 fully saturated rings. The van der Waals surface area contributed by atoms with E-state index < -0.39 is 0 Å². The Hall–Kier alpha value is -3.29. The number of rotatable bonds is 5. The van der Waals surface area contributed by atoms with Gasteiger partial charge in [0.25, 0.3) is 5.91 Å². The van der Waals surface area contributed by atoms with Gasteiger partial charge in [0, 0.05) is 56.1 Å². The molecule has 0 unspecified atom stereocenters. The number of amides is 1. The minimum Gasteiger partial charge on any atom is -0.355 e. The summed E-state index contributed by atoms with van der Waals surface area (Å²) in [6.45, 7) is 3.76. The van der Waals surface area contributed by atoms with Crippen LogP contribution in [0.5, 0.6) is 0 Å². The van der Waals surface area contributed by atoms with Gasteiger partial charge in [-0.2, -0.15) is 5.10 Å². The highest BCUT2D eigenvalue weighted by Crippen LogP contribution is 2.22. The highest BCUT2D eigenvalue weighted by atomic mass is 16.2. The topological polar surface area (TPSA) is 90.9 Å². The number of aromatic amines is 1. The first-order valence-corrected chi connectivity index (χ1v) is 9.95. The summed E-state index contributed by atoms with van der Waals surface area (Å²) >= 11 is 0. The standard InChI is InChI=1S/C21H25N7O/c1-3-18-24-20(26-25-18)15-4-6-16(7-5-15)21(29)27(2)17-8-12-28(13-9-17)19-14-22-10-11-23-19/h4-7,10-11,14,17H,3,8-9,12-13H2,1-2H3,(H,24,25,26). The number of H-pyrrole nitrogens is 1. The zero-order chi connectivity index (χ0) is 20.2. The van der Waals surface area contributed by atoms with Crippen molar-refractivity contribution in [1.29, 1.82) is 0 Å². The molecule has 2 aromatic heterocycles. The van der Waals surface area contributed by atoms with Crippen LogP contribution < -0.4 is 4.90 Å². The molecule has 1 amide bonds. The van der Waals surface area contributed by atoms with Crippen LogP contribution in [0.1, 0.15) is 35.9 Å². The molecule has 0 atom stereocenters. The average molecular weight is 391 g/mol. The van der Waals surface area contributed by atoms with E-state index in [2.05, 4.69) is 30.0 Å². The van der Waals surface area contributed by atoms with E-state index in [9.17, 15) is 4.79 Å². The van der Waals surface area contributed by atoms with Gasteiger partial charge in [-0.15, -0.1) is 0 Å². The Balaban J connectivity index is 1.38. The van der Waals surface area contributed by atoms with Crippen LogP contribution in [0.4, 0.5) is 5.82 Å². The summed E-state index contributed by atoms with van der Waals surface area (Å²) in [6, 6.07) is 7.73. The van der Waals surface area contributed by atoms with Crippen LogP contribution in [-0.4, -0.2) is 62.1 Å². The lowest BCUT2D eigenvalue weighted by Crippen LogP contribution is -2.45. The van der Waals surface area contributed by atoms with Crippen LogP contribution in [0.15, 0.2) is 42.9 Å². The van der Waals surface area contributed by atoms with Crippen molar-refractivity contribution in [2.45, 2.75) is 32.2 Å². The average Bonchev–Trinajstić information content (AvgIpc) is 3.28. The van der Waals surface area contributed by atoms with E-state index >= 15 is 0 Å². The summed E-state index contributed by atoms with van der Waals surface area (Å²) in [5.41, 5.74) is 1.58. The zero-order valence-electron chi connectivity index (χ0n) is 16.7. The van der Waals surface area contributed by atoms with E-state index in [4.69, 9.17) is 0 Å². The molecule has 3 aromatic rings. The molecule has 29 heavy (non-hydrogen) atoms. The number of hydrogen-bond acceptors (Lipinski definition) is 6. The number of carbonyl (C=O) groups excluding carboxylic acids is 1. The lowest BCUT2D eigenvalue weighted by molar-refractivity contribution is 0.0709. The molecule has 1 saturated heterocycles. The first-order chi connectivity index (χ1) is 14.2. The fraction of sp³-hybridized carbons (Fsp3) is 0.381. The monoisotopic (exact) mass is 391 g/mol. The molecule has 0 radical (unpaired) electrons. The van der Waals surface area contributed by atoms with Crippen LogP contribution in [0.25, 0.3) is 11.4 Å². The first kappa shape index (κ1) is 19.0. The Labute approximate surface area is 170 Å². The van der Waals surface area contributed by atoms with Gasteiger partial charge in [-0.1, -0.05) is 19.1 Å². The van der Waals surface area contributed by atoms with Crippen molar-refractivity contribution in [3.05, 3.63) is 54.2 Å². The third-order valence-corrected chi connectivity index (χ3v) is 5.46. The molecule has 1 aromatic carbocycles. The third-order valence-electron chi connectivity index (χ3n) is 5.46. The van der Waals surface area contributed by atoms with E-state index in [0.717, 1.165) is 49.6 Å². The number of hydrogen-bond donors (Lipinski definition) is 1. The van der Waals surface area contributed by atoms with Gasteiger partial charge in [-0.05, 0) is 25.0 Å². The molecule has 0 aliphatic carbocycles. The van der Waals surface area contributed by atoms with Crippen molar-refractivity contribution >= 4 is 11.7 Å². The van der Waals surface area contributed by atoms with Gasteiger partial charge >= 0.3 is 0 Å². The molecule has 8 heteroatoms. The van der Waals surface area contributed by atoms with Crippen molar-refractivity contribution in [1.82, 2.24) is 30.0 Å². The van der Waals surface area contributed by atoms with E-state index in [-0.39, 0.29) is 11.9 Å². The van der Waals surface area contributed by atoms with Gasteiger partial charge in [0.15, 0.2) is 5.82 Å². The second-order valence-corrected chi connectivity index (χ2v) is 7.23. The number of anilines is 1. The van der Waals surface area contributed by atoms with Gasteiger partial charge in [-0.3, -0.25) is 14.9 Å². The van der Waals surface area contributed by atoms with Crippen molar-refractivity contribution in [2.24, 2.45) is 0 Å². The molecular weight excluding hydrogens is 366 g/mol. The molecule has 150 valence electrons. The quantitative estimate of drug-likeness (QED) is 0.719. The fourth-order valence-corrected chi connectivity index (χ4v) is 3.65. The zero-order valence-corrected chi connectivity index (χ0v) is 16.7. The third kappa shape index (κ3) is 4.11. The van der Waals surface area contributed by atoms with Crippen molar-refractivity contribution in [3.8, 4) is 11.4 Å². The van der Waals surface area contributed by atoms with Crippen molar-refractivity contribution < 1.29 is 4.79 Å². The van der Waals surface area contributed by atoms with Crippen LogP contribution in [-0.2, 0) is 6.42 Å². The molecule has 1 aliphatic heterocycles. The maximum Gasteiger partial charge on any atom is 0.253 e. The minimum absolute atomic E-state index is 0.0405. The number of benzene rings is 1. The van der Waals surface area contributed by atoms with Gasteiger partial charge in [0.05, 0.1) is 6.20 Å². The summed E-state index contributed by atoms with van der Waals surface area (Å²) in [5.74, 6) is 2.45. The Morgan fingerprint density at radius 2 is 1.97 bits per heavy atom. The second-order valence-electron chi connectivity index (χ2n) is 7.23. The molecule has 4 rings (SSSR count). The number of carbonyl (C=O) groups is 1. The molecule has 0 bridgehead atoms. The van der Waals surface area contributed by atoms with E-state index in [0.29, 0.717) is 11.4 Å². The maximum absolute atomic E-state index is 12.9. The number of nitrogens with one attached hydrogen (secondary N) is 1. The highest BCUT2D eigenvalue weighted by molar-refractivity contribution is 5.94. The Kier molecular flexibility index (Phi) is 5.50. The highest BCUT2D eigenvalue weighted by Gasteiger charge is 2.26. The molecule has 1 aliphatic rings. The van der Waals surface area contributed by atoms with E-state index in [1.807, 2.05) is 43.1 Å². The molecule has 1 N–H and O–H groups in total. The summed E-state index contributed by atoms with van der Waals surface area (Å²) < 4.78 is 0. The minimum atomic E-state index is 0.0405. The van der Waals surface area contributed by atoms with Crippen molar-refractivity contribution in [3.63, 3.8) is 0 Å². The summed E-state index contributed by atoms with van der Waals surface area (Å²) in [7, 11) is 1.89. The molecular formula is C21H25N7O. The summed E-state index contributed by atoms with van der Waals surface area (Å²) in [6.07, 6.45) is 7.81. The molecule has 3 heterocycles. The molecule has 0 saturated carbocycles. The number of aromatic nitrogens is 5. The largest absolute Gasteiger partial charge is 0.355 e. The van der Waals surface area contributed by atoms with E-state index in [1.54, 1.807) is 18.6 Å².